The highest BCUT2D eigenvalue weighted by molar-refractivity contribution is 9.10. The van der Waals surface area contributed by atoms with E-state index in [0.29, 0.717) is 5.84 Å². The summed E-state index contributed by atoms with van der Waals surface area (Å²) >= 11 is 3.33. The van der Waals surface area contributed by atoms with E-state index < -0.39 is 0 Å². The fourth-order valence-electron chi connectivity index (χ4n) is 0.814. The van der Waals surface area contributed by atoms with Gasteiger partial charge in [-0.05, 0) is 12.1 Å². The van der Waals surface area contributed by atoms with Crippen molar-refractivity contribution in [3.8, 4) is 0 Å². The van der Waals surface area contributed by atoms with E-state index in [1.807, 2.05) is 24.3 Å². The van der Waals surface area contributed by atoms with Gasteiger partial charge in [0.05, 0.1) is 0 Å². The molecule has 0 radical (unpaired) electrons. The lowest BCUT2D eigenvalue weighted by Crippen LogP contribution is -2.34. The SMILES string of the molecule is CNNC(=N)c1ccc(Br)cc1. The monoisotopic (exact) mass is 227 g/mol. The van der Waals surface area contributed by atoms with Gasteiger partial charge in [-0.15, -0.1) is 0 Å². The summed E-state index contributed by atoms with van der Waals surface area (Å²) in [5.74, 6) is 0.366. The third-order valence-corrected chi connectivity index (χ3v) is 1.91. The molecule has 1 aromatic carbocycles. The molecular weight excluding hydrogens is 218 g/mol. The Balaban J connectivity index is 2.75. The minimum Gasteiger partial charge on any atom is -0.306 e. The maximum atomic E-state index is 7.51. The van der Waals surface area contributed by atoms with Gasteiger partial charge in [-0.3, -0.25) is 5.41 Å². The molecule has 0 aromatic heterocycles. The number of nitrogens with one attached hydrogen (secondary N) is 3. The van der Waals surface area contributed by atoms with Crippen LogP contribution in [0.5, 0.6) is 0 Å². The first-order valence-electron chi connectivity index (χ1n) is 3.51. The number of rotatable bonds is 2. The molecule has 0 fully saturated rings. The standard InChI is InChI=1S/C8H10BrN3/c1-11-12-8(10)6-2-4-7(9)5-3-6/h2-5,11H,1H3,(H2,10,12). The molecule has 64 valence electrons. The zero-order valence-corrected chi connectivity index (χ0v) is 8.27. The van der Waals surface area contributed by atoms with Crippen LogP contribution >= 0.6 is 15.9 Å². The van der Waals surface area contributed by atoms with E-state index in [2.05, 4.69) is 26.8 Å². The van der Waals surface area contributed by atoms with E-state index in [0.717, 1.165) is 10.0 Å². The number of hydrogen-bond acceptors (Lipinski definition) is 2. The van der Waals surface area contributed by atoms with Crippen molar-refractivity contribution in [2.75, 3.05) is 7.05 Å². The van der Waals surface area contributed by atoms with Crippen LogP contribution in [0.4, 0.5) is 0 Å². The molecule has 0 amide bonds. The van der Waals surface area contributed by atoms with Crippen LogP contribution in [0.25, 0.3) is 0 Å². The molecule has 1 aromatic rings. The topological polar surface area (TPSA) is 47.9 Å². The summed E-state index contributed by atoms with van der Waals surface area (Å²) in [4.78, 5) is 0. The van der Waals surface area contributed by atoms with Crippen molar-refractivity contribution in [2.45, 2.75) is 0 Å². The maximum absolute atomic E-state index is 7.51. The molecule has 3 nitrogen and oxygen atoms in total. The molecule has 3 N–H and O–H groups in total. The normalized spacial score (nSPS) is 9.50. The molecule has 0 spiro atoms. The van der Waals surface area contributed by atoms with Gasteiger partial charge in [0.1, 0.15) is 5.84 Å². The number of amidine groups is 1. The Kier molecular flexibility index (Phi) is 3.25. The molecule has 1 rings (SSSR count). The van der Waals surface area contributed by atoms with Crippen molar-refractivity contribution >= 4 is 21.8 Å². The molecule has 0 atom stereocenters. The van der Waals surface area contributed by atoms with Gasteiger partial charge in [0.25, 0.3) is 0 Å². The Morgan fingerprint density at radius 3 is 2.42 bits per heavy atom. The molecule has 0 heterocycles. The van der Waals surface area contributed by atoms with Crippen LogP contribution in [0.3, 0.4) is 0 Å². The second kappa shape index (κ2) is 4.23. The second-order valence-corrected chi connectivity index (χ2v) is 3.17. The van der Waals surface area contributed by atoms with E-state index in [9.17, 15) is 0 Å². The van der Waals surface area contributed by atoms with E-state index in [-0.39, 0.29) is 0 Å². The molecule has 0 saturated heterocycles. The van der Waals surface area contributed by atoms with Crippen molar-refractivity contribution in [1.29, 1.82) is 5.41 Å². The highest BCUT2D eigenvalue weighted by Gasteiger charge is 1.97. The van der Waals surface area contributed by atoms with Crippen molar-refractivity contribution in [2.24, 2.45) is 0 Å². The number of benzene rings is 1. The Labute approximate surface area is 79.8 Å². The molecule has 0 bridgehead atoms. The van der Waals surface area contributed by atoms with Crippen molar-refractivity contribution in [3.05, 3.63) is 34.3 Å². The Morgan fingerprint density at radius 2 is 1.92 bits per heavy atom. The van der Waals surface area contributed by atoms with Crippen LogP contribution in [0, 0.1) is 5.41 Å². The van der Waals surface area contributed by atoms with Gasteiger partial charge in [-0.2, -0.15) is 0 Å². The van der Waals surface area contributed by atoms with Gasteiger partial charge < -0.3 is 5.43 Å². The van der Waals surface area contributed by atoms with Crippen molar-refractivity contribution in [1.82, 2.24) is 10.9 Å². The fraction of sp³-hybridized carbons (Fsp3) is 0.125. The summed E-state index contributed by atoms with van der Waals surface area (Å²) in [5, 5.41) is 7.51. The highest BCUT2D eigenvalue weighted by atomic mass is 79.9. The van der Waals surface area contributed by atoms with Crippen LogP contribution in [0.1, 0.15) is 5.56 Å². The lowest BCUT2D eigenvalue weighted by Gasteiger charge is -2.05. The smallest absolute Gasteiger partial charge is 0.139 e. The summed E-state index contributed by atoms with van der Waals surface area (Å²) < 4.78 is 1.02. The minimum atomic E-state index is 0.366. The average molecular weight is 228 g/mol. The maximum Gasteiger partial charge on any atom is 0.139 e. The van der Waals surface area contributed by atoms with Crippen LogP contribution in [0.2, 0.25) is 0 Å². The highest BCUT2D eigenvalue weighted by Crippen LogP contribution is 2.09. The summed E-state index contributed by atoms with van der Waals surface area (Å²) in [5.41, 5.74) is 6.25. The van der Waals surface area contributed by atoms with Gasteiger partial charge in [-0.1, -0.05) is 28.1 Å². The number of hydrazine groups is 1. The van der Waals surface area contributed by atoms with Gasteiger partial charge in [0.2, 0.25) is 0 Å². The summed E-state index contributed by atoms with van der Waals surface area (Å²) in [6.45, 7) is 0. The molecular formula is C8H10BrN3. The predicted octanol–water partition coefficient (Wildman–Crippen LogP) is 1.50. The third-order valence-electron chi connectivity index (χ3n) is 1.38. The lowest BCUT2D eigenvalue weighted by atomic mass is 10.2. The van der Waals surface area contributed by atoms with E-state index in [1.54, 1.807) is 7.05 Å². The van der Waals surface area contributed by atoms with E-state index >= 15 is 0 Å². The largest absolute Gasteiger partial charge is 0.306 e. The van der Waals surface area contributed by atoms with Crippen LogP contribution in [0.15, 0.2) is 28.7 Å². The Bertz CT molecular complexity index is 268. The first kappa shape index (κ1) is 9.22. The number of halogens is 1. The molecule has 0 aliphatic carbocycles. The van der Waals surface area contributed by atoms with Gasteiger partial charge in [0, 0.05) is 17.1 Å². The summed E-state index contributed by atoms with van der Waals surface area (Å²) in [6, 6.07) is 7.55. The van der Waals surface area contributed by atoms with Crippen LogP contribution in [-0.4, -0.2) is 12.9 Å². The van der Waals surface area contributed by atoms with Gasteiger partial charge in [-0.25, -0.2) is 5.43 Å². The fourth-order valence-corrected chi connectivity index (χ4v) is 1.08. The zero-order valence-electron chi connectivity index (χ0n) is 6.69. The lowest BCUT2D eigenvalue weighted by molar-refractivity contribution is 0.765. The summed E-state index contributed by atoms with van der Waals surface area (Å²) in [7, 11) is 1.73. The summed E-state index contributed by atoms with van der Waals surface area (Å²) in [6.07, 6.45) is 0. The quantitative estimate of drug-likeness (QED) is 0.408. The average Bonchev–Trinajstić information content (AvgIpc) is 2.06. The van der Waals surface area contributed by atoms with Crippen molar-refractivity contribution in [3.63, 3.8) is 0 Å². The molecule has 12 heavy (non-hydrogen) atoms. The molecule has 0 aliphatic rings. The minimum absolute atomic E-state index is 0.366. The number of hydrogen-bond donors (Lipinski definition) is 3. The molecule has 0 unspecified atom stereocenters. The second-order valence-electron chi connectivity index (χ2n) is 2.26. The Morgan fingerprint density at radius 1 is 1.33 bits per heavy atom. The van der Waals surface area contributed by atoms with Gasteiger partial charge in [0.15, 0.2) is 0 Å². The molecule has 0 aliphatic heterocycles. The third kappa shape index (κ3) is 2.32. The van der Waals surface area contributed by atoms with Crippen LogP contribution in [-0.2, 0) is 0 Å². The van der Waals surface area contributed by atoms with Gasteiger partial charge >= 0.3 is 0 Å². The first-order chi connectivity index (χ1) is 5.74. The van der Waals surface area contributed by atoms with Crippen LogP contribution < -0.4 is 10.9 Å². The predicted molar refractivity (Wildman–Crippen MR) is 53.2 cm³/mol. The molecule has 4 heteroatoms. The molecule has 0 saturated carbocycles. The Hall–Kier alpha value is -0.870. The first-order valence-corrected chi connectivity index (χ1v) is 4.30. The zero-order chi connectivity index (χ0) is 8.97. The van der Waals surface area contributed by atoms with E-state index in [1.165, 1.54) is 0 Å². The van der Waals surface area contributed by atoms with Crippen molar-refractivity contribution < 1.29 is 0 Å². The van der Waals surface area contributed by atoms with E-state index in [4.69, 9.17) is 5.41 Å².